The van der Waals surface area contributed by atoms with Gasteiger partial charge in [0.05, 0.1) is 13.0 Å². The van der Waals surface area contributed by atoms with Gasteiger partial charge in [0.25, 0.3) is 0 Å². The van der Waals surface area contributed by atoms with E-state index in [4.69, 9.17) is 0 Å². The molecule has 0 spiro atoms. The number of hydrogen-bond donors (Lipinski definition) is 2. The number of hydrogen-bond acceptors (Lipinski definition) is 2. The quantitative estimate of drug-likeness (QED) is 0.858. The van der Waals surface area contributed by atoms with Crippen LogP contribution in [0.15, 0.2) is 48.5 Å². The number of carbonyl (C=O) groups is 2. The summed E-state index contributed by atoms with van der Waals surface area (Å²) in [5.74, 6) is -0.869. The SMILES string of the molecule is Cc1cccc(CNC(=O)CNC(=O)Cc2ccc(F)cc2)c1. The number of benzene rings is 2. The zero-order valence-electron chi connectivity index (χ0n) is 12.9. The number of aryl methyl sites for hydroxylation is 1. The van der Waals surface area contributed by atoms with Crippen LogP contribution in [0.2, 0.25) is 0 Å². The van der Waals surface area contributed by atoms with Crippen LogP contribution in [0.25, 0.3) is 0 Å². The minimum atomic E-state index is -0.343. The van der Waals surface area contributed by atoms with Crippen LogP contribution in [0, 0.1) is 12.7 Å². The molecule has 0 saturated heterocycles. The minimum Gasteiger partial charge on any atom is -0.350 e. The lowest BCUT2D eigenvalue weighted by molar-refractivity contribution is -0.125. The van der Waals surface area contributed by atoms with Crippen molar-refractivity contribution < 1.29 is 14.0 Å². The Morgan fingerprint density at radius 2 is 1.70 bits per heavy atom. The van der Waals surface area contributed by atoms with E-state index in [0.717, 1.165) is 11.1 Å². The smallest absolute Gasteiger partial charge is 0.239 e. The summed E-state index contributed by atoms with van der Waals surface area (Å²) < 4.78 is 12.8. The molecule has 120 valence electrons. The van der Waals surface area contributed by atoms with Crippen molar-refractivity contribution in [1.82, 2.24) is 10.6 Å². The second-order valence-electron chi connectivity index (χ2n) is 5.35. The van der Waals surface area contributed by atoms with E-state index < -0.39 is 0 Å². The van der Waals surface area contributed by atoms with E-state index in [1.54, 1.807) is 12.1 Å². The van der Waals surface area contributed by atoms with E-state index in [2.05, 4.69) is 10.6 Å². The lowest BCUT2D eigenvalue weighted by Crippen LogP contribution is -2.37. The van der Waals surface area contributed by atoms with Gasteiger partial charge in [-0.05, 0) is 30.2 Å². The Kier molecular flexibility index (Phi) is 5.86. The van der Waals surface area contributed by atoms with Crippen molar-refractivity contribution in [1.29, 1.82) is 0 Å². The Hall–Kier alpha value is -2.69. The number of carbonyl (C=O) groups excluding carboxylic acids is 2. The molecule has 0 unspecified atom stereocenters. The monoisotopic (exact) mass is 314 g/mol. The van der Waals surface area contributed by atoms with E-state index >= 15 is 0 Å². The summed E-state index contributed by atoms with van der Waals surface area (Å²) in [6, 6.07) is 13.5. The summed E-state index contributed by atoms with van der Waals surface area (Å²) >= 11 is 0. The molecule has 23 heavy (non-hydrogen) atoms. The highest BCUT2D eigenvalue weighted by molar-refractivity contribution is 5.85. The van der Waals surface area contributed by atoms with Crippen LogP contribution in [0.5, 0.6) is 0 Å². The van der Waals surface area contributed by atoms with E-state index in [1.165, 1.54) is 12.1 Å². The molecule has 2 aromatic rings. The van der Waals surface area contributed by atoms with Gasteiger partial charge in [0, 0.05) is 6.54 Å². The summed E-state index contributed by atoms with van der Waals surface area (Å²) in [6.45, 7) is 2.33. The fourth-order valence-electron chi connectivity index (χ4n) is 2.11. The van der Waals surface area contributed by atoms with Crippen molar-refractivity contribution in [2.75, 3.05) is 6.54 Å². The Morgan fingerprint density at radius 1 is 0.957 bits per heavy atom. The van der Waals surface area contributed by atoms with Gasteiger partial charge in [0.1, 0.15) is 5.82 Å². The summed E-state index contributed by atoms with van der Waals surface area (Å²) in [5, 5.41) is 5.30. The molecule has 0 aliphatic rings. The maximum absolute atomic E-state index is 12.8. The van der Waals surface area contributed by atoms with E-state index in [1.807, 2.05) is 31.2 Å². The largest absolute Gasteiger partial charge is 0.350 e. The van der Waals surface area contributed by atoms with Gasteiger partial charge in [-0.15, -0.1) is 0 Å². The van der Waals surface area contributed by atoms with Gasteiger partial charge in [-0.1, -0.05) is 42.0 Å². The first kappa shape index (κ1) is 16.7. The molecular formula is C18H19FN2O2. The van der Waals surface area contributed by atoms with Crippen LogP contribution < -0.4 is 10.6 Å². The predicted molar refractivity (Wildman–Crippen MR) is 86.1 cm³/mol. The maximum atomic E-state index is 12.8. The molecule has 0 aliphatic carbocycles. The summed E-state index contributed by atoms with van der Waals surface area (Å²) in [4.78, 5) is 23.5. The van der Waals surface area contributed by atoms with Gasteiger partial charge >= 0.3 is 0 Å². The average molecular weight is 314 g/mol. The van der Waals surface area contributed by atoms with Crippen LogP contribution in [0.1, 0.15) is 16.7 Å². The van der Waals surface area contributed by atoms with E-state index in [0.29, 0.717) is 12.1 Å². The summed E-state index contributed by atoms with van der Waals surface area (Å²) in [6.07, 6.45) is 0.117. The second kappa shape index (κ2) is 8.08. The molecule has 0 bridgehead atoms. The van der Waals surface area contributed by atoms with Crippen LogP contribution in [-0.2, 0) is 22.6 Å². The zero-order chi connectivity index (χ0) is 16.7. The van der Waals surface area contributed by atoms with E-state index in [9.17, 15) is 14.0 Å². The topological polar surface area (TPSA) is 58.2 Å². The highest BCUT2D eigenvalue weighted by Gasteiger charge is 2.06. The van der Waals surface area contributed by atoms with Crippen molar-refractivity contribution in [3.63, 3.8) is 0 Å². The van der Waals surface area contributed by atoms with Crippen molar-refractivity contribution in [2.45, 2.75) is 19.9 Å². The number of rotatable bonds is 6. The maximum Gasteiger partial charge on any atom is 0.239 e. The third-order valence-electron chi connectivity index (χ3n) is 3.30. The molecule has 2 N–H and O–H groups in total. The minimum absolute atomic E-state index is 0.0775. The Labute approximate surface area is 134 Å². The molecule has 0 atom stereocenters. The molecule has 5 heteroatoms. The third-order valence-corrected chi connectivity index (χ3v) is 3.30. The molecular weight excluding hydrogens is 295 g/mol. The van der Waals surface area contributed by atoms with Crippen LogP contribution in [0.4, 0.5) is 4.39 Å². The fourth-order valence-corrected chi connectivity index (χ4v) is 2.11. The molecule has 0 heterocycles. The van der Waals surface area contributed by atoms with Crippen LogP contribution in [0.3, 0.4) is 0 Å². The average Bonchev–Trinajstić information content (AvgIpc) is 2.53. The lowest BCUT2D eigenvalue weighted by atomic mass is 10.1. The first-order valence-electron chi connectivity index (χ1n) is 7.36. The lowest BCUT2D eigenvalue weighted by Gasteiger charge is -2.08. The summed E-state index contributed by atoms with van der Waals surface area (Å²) in [5.41, 5.74) is 2.84. The van der Waals surface area contributed by atoms with Crippen molar-refractivity contribution in [2.24, 2.45) is 0 Å². The zero-order valence-corrected chi connectivity index (χ0v) is 12.9. The molecule has 0 radical (unpaired) electrons. The Morgan fingerprint density at radius 3 is 2.39 bits per heavy atom. The normalized spacial score (nSPS) is 10.2. The van der Waals surface area contributed by atoms with Gasteiger partial charge < -0.3 is 10.6 Å². The third kappa shape index (κ3) is 5.90. The van der Waals surface area contributed by atoms with E-state index in [-0.39, 0.29) is 30.6 Å². The van der Waals surface area contributed by atoms with Crippen LogP contribution in [-0.4, -0.2) is 18.4 Å². The van der Waals surface area contributed by atoms with Crippen molar-refractivity contribution in [3.8, 4) is 0 Å². The highest BCUT2D eigenvalue weighted by Crippen LogP contribution is 2.04. The summed E-state index contributed by atoms with van der Waals surface area (Å²) in [7, 11) is 0. The highest BCUT2D eigenvalue weighted by atomic mass is 19.1. The second-order valence-corrected chi connectivity index (χ2v) is 5.35. The van der Waals surface area contributed by atoms with Gasteiger partial charge in [-0.2, -0.15) is 0 Å². The first-order chi connectivity index (χ1) is 11.0. The fraction of sp³-hybridized carbons (Fsp3) is 0.222. The molecule has 0 saturated carbocycles. The van der Waals surface area contributed by atoms with Gasteiger partial charge in [0.15, 0.2) is 0 Å². The molecule has 0 aromatic heterocycles. The molecule has 0 fully saturated rings. The van der Waals surface area contributed by atoms with Crippen LogP contribution >= 0.6 is 0 Å². The molecule has 2 rings (SSSR count). The Bertz CT molecular complexity index is 684. The Balaban J connectivity index is 1.71. The van der Waals surface area contributed by atoms with Crippen molar-refractivity contribution in [3.05, 3.63) is 71.0 Å². The van der Waals surface area contributed by atoms with Gasteiger partial charge in [0.2, 0.25) is 11.8 Å². The molecule has 2 amide bonds. The first-order valence-corrected chi connectivity index (χ1v) is 7.36. The van der Waals surface area contributed by atoms with Gasteiger partial charge in [-0.25, -0.2) is 4.39 Å². The standard InChI is InChI=1S/C18H19FN2O2/c1-13-3-2-4-15(9-13)11-20-18(23)12-21-17(22)10-14-5-7-16(19)8-6-14/h2-9H,10-12H2,1H3,(H,20,23)(H,21,22). The number of amides is 2. The number of halogens is 1. The molecule has 2 aromatic carbocycles. The van der Waals surface area contributed by atoms with Gasteiger partial charge in [-0.3, -0.25) is 9.59 Å². The van der Waals surface area contributed by atoms with Crippen molar-refractivity contribution >= 4 is 11.8 Å². The number of nitrogens with one attached hydrogen (secondary N) is 2. The molecule has 4 nitrogen and oxygen atoms in total. The predicted octanol–water partition coefficient (Wildman–Crippen LogP) is 2.11. The molecule has 0 aliphatic heterocycles.